The topological polar surface area (TPSA) is 201 Å². The number of amides is 3. The van der Waals surface area contributed by atoms with Gasteiger partial charge >= 0.3 is 18.3 Å². The first-order chi connectivity index (χ1) is 35.8. The van der Waals surface area contributed by atoms with Gasteiger partial charge in [-0.1, -0.05) is 24.3 Å². The SMILES string of the molecule is COc1ccc(COc2cccc(OCC3CC3)c2-c2cc([C@@H]3CCCN(C(=O)OC(C)(C)C)C3)c3c(n2)NC(=O)OC3)cc1.Cl.O=C1Nc2nc(-c3c(O)cccc3OCC3CC3)cc([C@@H]3CCCNC3)c2CO1. The molecular weight excluding hydrogens is 980 g/mol. The van der Waals surface area contributed by atoms with Crippen molar-refractivity contribution in [3.63, 3.8) is 0 Å². The molecule has 4 aliphatic heterocycles. The molecule has 17 nitrogen and oxygen atoms in total. The summed E-state index contributed by atoms with van der Waals surface area (Å²) in [5.41, 5.74) is 6.72. The van der Waals surface area contributed by atoms with E-state index < -0.39 is 17.8 Å². The van der Waals surface area contributed by atoms with Gasteiger partial charge in [-0.3, -0.25) is 10.6 Å². The Morgan fingerprint density at radius 1 is 0.733 bits per heavy atom. The van der Waals surface area contributed by atoms with Gasteiger partial charge in [-0.25, -0.2) is 24.4 Å². The Balaban J connectivity index is 0.000000198. The van der Waals surface area contributed by atoms with Crippen LogP contribution in [-0.4, -0.2) is 90.4 Å². The van der Waals surface area contributed by atoms with Crippen molar-refractivity contribution < 1.29 is 52.6 Å². The minimum Gasteiger partial charge on any atom is -0.507 e. The number of phenols is 1. The summed E-state index contributed by atoms with van der Waals surface area (Å²) in [6.45, 7) is 10.5. The number of fused-ring (bicyclic) bond motifs is 2. The van der Waals surface area contributed by atoms with Crippen LogP contribution in [0.3, 0.4) is 0 Å². The lowest BCUT2D eigenvalue weighted by Crippen LogP contribution is -2.42. The lowest BCUT2D eigenvalue weighted by atomic mass is 9.87. The molecule has 2 aromatic heterocycles. The molecule has 3 aromatic carbocycles. The number of piperidine rings is 2. The molecule has 11 rings (SSSR count). The highest BCUT2D eigenvalue weighted by Gasteiger charge is 2.34. The number of halogens is 1. The Morgan fingerprint density at radius 2 is 1.29 bits per heavy atom. The molecule has 0 unspecified atom stereocenters. The summed E-state index contributed by atoms with van der Waals surface area (Å²) in [7, 11) is 1.64. The second-order valence-electron chi connectivity index (χ2n) is 21.0. The predicted molar refractivity (Wildman–Crippen MR) is 284 cm³/mol. The monoisotopic (exact) mass is 1050 g/mol. The maximum atomic E-state index is 13.0. The number of rotatable bonds is 14. The van der Waals surface area contributed by atoms with Crippen molar-refractivity contribution in [3.8, 4) is 51.3 Å². The number of anilines is 2. The number of carbonyl (C=O) groups excluding carboxylic acids is 3. The van der Waals surface area contributed by atoms with Gasteiger partial charge in [-0.05, 0) is 162 Å². The van der Waals surface area contributed by atoms with Crippen molar-refractivity contribution in [2.24, 2.45) is 11.8 Å². The summed E-state index contributed by atoms with van der Waals surface area (Å²) in [6.07, 6.45) is 7.16. The Morgan fingerprint density at radius 3 is 1.87 bits per heavy atom. The third kappa shape index (κ3) is 13.1. The number of ether oxygens (including phenoxy) is 7. The second-order valence-corrected chi connectivity index (χ2v) is 21.0. The molecule has 4 N–H and O–H groups in total. The first-order valence-electron chi connectivity index (χ1n) is 26.0. The molecule has 6 heterocycles. The maximum Gasteiger partial charge on any atom is 0.413 e. The van der Waals surface area contributed by atoms with E-state index in [9.17, 15) is 19.5 Å². The highest BCUT2D eigenvalue weighted by molar-refractivity contribution is 5.89. The van der Waals surface area contributed by atoms with Crippen LogP contribution in [0.1, 0.15) is 112 Å². The van der Waals surface area contributed by atoms with Crippen molar-refractivity contribution in [1.82, 2.24) is 20.2 Å². The van der Waals surface area contributed by atoms with Gasteiger partial charge in [-0.15, -0.1) is 12.4 Å². The number of benzene rings is 3. The van der Waals surface area contributed by atoms with Gasteiger partial charge in [0.1, 0.15) is 65.8 Å². The minimum absolute atomic E-state index is 0. The third-order valence-corrected chi connectivity index (χ3v) is 14.1. The van der Waals surface area contributed by atoms with Gasteiger partial charge < -0.3 is 48.5 Å². The number of methoxy groups -OCH3 is 1. The summed E-state index contributed by atoms with van der Waals surface area (Å²) < 4.78 is 40.4. The first kappa shape index (κ1) is 52.9. The molecule has 398 valence electrons. The molecule has 6 aliphatic rings. The number of pyridine rings is 2. The van der Waals surface area contributed by atoms with Crippen LogP contribution in [0.2, 0.25) is 0 Å². The number of carbonyl (C=O) groups is 3. The number of cyclic esters (lactones) is 2. The van der Waals surface area contributed by atoms with Crippen LogP contribution in [0, 0.1) is 11.8 Å². The highest BCUT2D eigenvalue weighted by atomic mass is 35.5. The van der Waals surface area contributed by atoms with Crippen LogP contribution in [0.4, 0.5) is 26.0 Å². The van der Waals surface area contributed by atoms with E-state index in [-0.39, 0.29) is 43.4 Å². The zero-order valence-corrected chi connectivity index (χ0v) is 43.9. The number of hydrogen-bond donors (Lipinski definition) is 4. The average Bonchev–Trinajstić information content (AvgIpc) is 4.36. The maximum absolute atomic E-state index is 13.0. The molecule has 0 spiro atoms. The largest absolute Gasteiger partial charge is 0.507 e. The van der Waals surface area contributed by atoms with E-state index in [1.807, 2.05) is 81.4 Å². The summed E-state index contributed by atoms with van der Waals surface area (Å²) in [5, 5.41) is 19.6. The fourth-order valence-corrected chi connectivity index (χ4v) is 9.83. The molecular formula is C57H67ClN6O11. The third-order valence-electron chi connectivity index (χ3n) is 14.1. The summed E-state index contributed by atoms with van der Waals surface area (Å²) >= 11 is 0. The van der Waals surface area contributed by atoms with E-state index in [0.717, 1.165) is 90.7 Å². The van der Waals surface area contributed by atoms with Gasteiger partial charge in [-0.2, -0.15) is 0 Å². The molecule has 4 fully saturated rings. The number of nitrogens with zero attached hydrogens (tertiary/aromatic N) is 3. The van der Waals surface area contributed by atoms with Crippen LogP contribution >= 0.6 is 12.4 Å². The first-order valence-corrected chi connectivity index (χ1v) is 26.0. The Kier molecular flexibility index (Phi) is 16.4. The van der Waals surface area contributed by atoms with E-state index in [0.29, 0.717) is 96.5 Å². The van der Waals surface area contributed by atoms with E-state index in [4.69, 9.17) is 38.1 Å². The number of likely N-dealkylation sites (tertiary alicyclic amines) is 1. The second kappa shape index (κ2) is 23.3. The zero-order valence-electron chi connectivity index (χ0n) is 43.0. The van der Waals surface area contributed by atoms with Crippen molar-refractivity contribution >= 4 is 42.3 Å². The number of aromatic hydroxyl groups is 1. The lowest BCUT2D eigenvalue weighted by molar-refractivity contribution is 0.0197. The molecule has 18 heteroatoms. The van der Waals surface area contributed by atoms with Crippen LogP contribution in [0.15, 0.2) is 72.8 Å². The average molecular weight is 1050 g/mol. The Labute approximate surface area is 443 Å². The number of nitrogens with one attached hydrogen (secondary N) is 3. The fraction of sp³-hybridized carbons (Fsp3) is 0.456. The lowest BCUT2D eigenvalue weighted by Gasteiger charge is -2.35. The van der Waals surface area contributed by atoms with Crippen LogP contribution in [0.5, 0.6) is 28.7 Å². The van der Waals surface area contributed by atoms with Gasteiger partial charge in [0, 0.05) is 36.7 Å². The summed E-state index contributed by atoms with van der Waals surface area (Å²) in [6, 6.07) is 22.9. The van der Waals surface area contributed by atoms with Crippen LogP contribution in [0.25, 0.3) is 22.5 Å². The van der Waals surface area contributed by atoms with Gasteiger partial charge in [0.05, 0.1) is 42.8 Å². The van der Waals surface area contributed by atoms with Crippen molar-refractivity contribution in [2.45, 2.75) is 109 Å². The molecule has 0 radical (unpaired) electrons. The number of aromatic nitrogens is 2. The molecule has 3 amide bonds. The highest BCUT2D eigenvalue weighted by Crippen LogP contribution is 2.45. The zero-order chi connectivity index (χ0) is 51.3. The van der Waals surface area contributed by atoms with E-state index in [2.05, 4.69) is 20.9 Å². The number of hydrogen-bond acceptors (Lipinski definition) is 14. The van der Waals surface area contributed by atoms with Crippen LogP contribution in [-0.2, 0) is 34.0 Å². The predicted octanol–water partition coefficient (Wildman–Crippen LogP) is 11.5. The molecule has 2 saturated heterocycles. The smallest absolute Gasteiger partial charge is 0.413 e. The number of phenolic OH excluding ortho intramolecular Hbond substituents is 1. The molecule has 2 atom stereocenters. The fourth-order valence-electron chi connectivity index (χ4n) is 9.83. The van der Waals surface area contributed by atoms with E-state index in [1.165, 1.54) is 12.8 Å². The Hall–Kier alpha value is -6.98. The van der Waals surface area contributed by atoms with Crippen molar-refractivity contribution in [1.29, 1.82) is 0 Å². The van der Waals surface area contributed by atoms with Crippen molar-refractivity contribution in [2.75, 3.05) is 57.1 Å². The standard InChI is InChI=1S/C35H41N3O7.C22H25N3O4.ClH/c1-35(2,3)45-34(40)38-16-6-7-24(18-38)26-17-28(36-32-27(26)21-44-33(39)37-32)31-29(42-19-22-10-11-22)8-5-9-30(31)43-20-23-12-14-25(41-4)15-13-23;26-18-4-1-5-19(28-11-13-6-7-13)20(18)17-9-15(14-3-2-8-23-10-14)16-12-29-22(27)25-21(16)24-17;/h5,8-9,12-15,17,22,24H,6-7,10-11,16,18-21H2,1-4H3,(H,36,37,39);1,4-5,9,13-14,23,26H,2-3,6-8,10-12H2,(H,24,25,27);1H/t24-;14-;/m11./s1. The normalized spacial score (nSPS) is 18.9. The van der Waals surface area contributed by atoms with Gasteiger partial charge in [0.25, 0.3) is 0 Å². The molecule has 75 heavy (non-hydrogen) atoms. The van der Waals surface area contributed by atoms with Gasteiger partial charge in [0.15, 0.2) is 0 Å². The molecule has 5 aromatic rings. The molecule has 2 aliphatic carbocycles. The van der Waals surface area contributed by atoms with E-state index in [1.54, 1.807) is 24.1 Å². The Bertz CT molecular complexity index is 2860. The quantitative estimate of drug-likeness (QED) is 0.0765. The van der Waals surface area contributed by atoms with Crippen molar-refractivity contribution in [3.05, 3.63) is 101 Å². The van der Waals surface area contributed by atoms with Gasteiger partial charge in [0.2, 0.25) is 0 Å². The minimum atomic E-state index is -0.586. The summed E-state index contributed by atoms with van der Waals surface area (Å²) in [5.74, 6) is 5.21. The molecule has 0 bridgehead atoms. The molecule has 2 saturated carbocycles. The summed E-state index contributed by atoms with van der Waals surface area (Å²) in [4.78, 5) is 48.6. The van der Waals surface area contributed by atoms with E-state index >= 15 is 0 Å². The van der Waals surface area contributed by atoms with Crippen LogP contribution < -0.4 is 34.9 Å².